The van der Waals surface area contributed by atoms with Gasteiger partial charge in [-0.2, -0.15) is 0 Å². The van der Waals surface area contributed by atoms with Gasteiger partial charge in [-0.05, 0) is 41.3 Å². The predicted molar refractivity (Wildman–Crippen MR) is 170 cm³/mol. The van der Waals surface area contributed by atoms with Crippen molar-refractivity contribution in [2.24, 2.45) is 14.1 Å². The molecule has 6 aromatic rings. The number of ketones is 1. The molecule has 2 unspecified atom stereocenters. The fourth-order valence-electron chi connectivity index (χ4n) is 5.83. The molecule has 44 heavy (non-hydrogen) atoms. The Balaban J connectivity index is 1.69. The number of rotatable bonds is 8. The van der Waals surface area contributed by atoms with Crippen molar-refractivity contribution in [1.82, 2.24) is 13.7 Å². The summed E-state index contributed by atoms with van der Waals surface area (Å²) in [6.07, 6.45) is 1.88. The van der Waals surface area contributed by atoms with Gasteiger partial charge in [0.25, 0.3) is 5.56 Å². The van der Waals surface area contributed by atoms with Crippen LogP contribution in [0.25, 0.3) is 11.0 Å². The van der Waals surface area contributed by atoms with Crippen molar-refractivity contribution in [3.8, 4) is 5.88 Å². The number of hydrogen-bond acceptors (Lipinski definition) is 4. The number of imidazole rings is 1. The van der Waals surface area contributed by atoms with Crippen LogP contribution in [0.2, 0.25) is 0 Å². The maximum Gasteiger partial charge on any atom is 0.329 e. The van der Waals surface area contributed by atoms with Crippen LogP contribution < -0.4 is 20.9 Å². The second-order valence-electron chi connectivity index (χ2n) is 10.8. The summed E-state index contributed by atoms with van der Waals surface area (Å²) in [6.45, 7) is 0.540. The molecule has 0 saturated heterocycles. The number of benzene rings is 4. The van der Waals surface area contributed by atoms with Crippen molar-refractivity contribution in [1.29, 1.82) is 0 Å². The van der Waals surface area contributed by atoms with E-state index in [1.54, 1.807) is 36.4 Å². The zero-order chi connectivity index (χ0) is 31.0. The molecular formula is C35H29BrN4O4. The molecule has 0 spiro atoms. The summed E-state index contributed by atoms with van der Waals surface area (Å²) < 4.78 is 6.58. The molecule has 6 rings (SSSR count). The summed E-state index contributed by atoms with van der Waals surface area (Å²) in [5.74, 6) is -2.04. The summed E-state index contributed by atoms with van der Waals surface area (Å²) in [5.41, 5.74) is 2.12. The highest BCUT2D eigenvalue weighted by molar-refractivity contribution is 9.10. The number of carbonyl (C=O) groups is 1. The third kappa shape index (κ3) is 5.20. The van der Waals surface area contributed by atoms with E-state index in [1.165, 1.54) is 14.1 Å². The smallest absolute Gasteiger partial charge is 0.329 e. The van der Waals surface area contributed by atoms with Crippen LogP contribution in [0.4, 0.5) is 0 Å². The van der Waals surface area contributed by atoms with Crippen molar-refractivity contribution >= 4 is 32.7 Å². The molecule has 2 aromatic heterocycles. The van der Waals surface area contributed by atoms with Gasteiger partial charge >= 0.3 is 5.69 Å². The Kier molecular flexibility index (Phi) is 7.88. The van der Waals surface area contributed by atoms with Crippen LogP contribution in [0, 0.1) is 0 Å². The lowest BCUT2D eigenvalue weighted by atomic mass is 9.82. The van der Waals surface area contributed by atoms with Crippen LogP contribution >= 0.6 is 15.9 Å². The molecule has 0 radical (unpaired) electrons. The molecule has 0 fully saturated rings. The minimum absolute atomic E-state index is 0.154. The van der Waals surface area contributed by atoms with Gasteiger partial charge in [0.15, 0.2) is 17.1 Å². The molecule has 220 valence electrons. The zero-order valence-corrected chi connectivity index (χ0v) is 25.7. The molecule has 0 amide bonds. The molecule has 2 heterocycles. The Hall–Kier alpha value is -5.02. The minimum Gasteiger partial charge on any atom is -0.860 e. The third-order valence-electron chi connectivity index (χ3n) is 8.06. The highest BCUT2D eigenvalue weighted by atomic mass is 79.9. The van der Waals surface area contributed by atoms with Gasteiger partial charge in [-0.1, -0.05) is 101 Å². The largest absolute Gasteiger partial charge is 0.860 e. The normalized spacial score (nSPS) is 12.7. The van der Waals surface area contributed by atoms with Crippen LogP contribution in [0.1, 0.15) is 39.0 Å². The summed E-state index contributed by atoms with van der Waals surface area (Å²) in [7, 11) is 2.69. The molecule has 9 heteroatoms. The van der Waals surface area contributed by atoms with Crippen molar-refractivity contribution in [3.63, 3.8) is 0 Å². The topological polar surface area (TPSA) is 92.9 Å². The average Bonchev–Trinajstić information content (AvgIpc) is 3.41. The molecule has 8 nitrogen and oxygen atoms in total. The lowest BCUT2D eigenvalue weighted by Crippen LogP contribution is -2.43. The van der Waals surface area contributed by atoms with E-state index in [0.717, 1.165) is 30.2 Å². The van der Waals surface area contributed by atoms with E-state index in [9.17, 15) is 19.5 Å². The van der Waals surface area contributed by atoms with Crippen molar-refractivity contribution in [3.05, 3.63) is 163 Å². The number of aromatic nitrogens is 4. The van der Waals surface area contributed by atoms with Gasteiger partial charge in [-0.25, -0.2) is 13.9 Å². The Morgan fingerprint density at radius 3 is 2.11 bits per heavy atom. The van der Waals surface area contributed by atoms with E-state index in [2.05, 4.69) is 20.5 Å². The van der Waals surface area contributed by atoms with Gasteiger partial charge in [-0.3, -0.25) is 14.2 Å². The van der Waals surface area contributed by atoms with Gasteiger partial charge in [0.1, 0.15) is 6.54 Å². The maximum atomic E-state index is 14.8. The second-order valence-corrected chi connectivity index (χ2v) is 11.7. The van der Waals surface area contributed by atoms with Gasteiger partial charge in [-0.15, -0.1) is 0 Å². The van der Waals surface area contributed by atoms with Crippen LogP contribution in [-0.2, 0) is 20.6 Å². The van der Waals surface area contributed by atoms with Crippen LogP contribution in [-0.4, -0.2) is 19.5 Å². The van der Waals surface area contributed by atoms with Crippen molar-refractivity contribution < 1.29 is 14.5 Å². The standard InChI is InChI=1S/C35H29BrN4O4/c1-37-33(42)30(34(43)38(2)35(37)44)29(24-17-19-26(36)20-18-24)31(32(41)25-13-7-4-8-14-25)40-22-39(21-23-11-5-3-6-12-23)27-15-9-10-16-28(27)40/h3-20,22,29,31H,21H2,1-2H3. The number of carbonyl (C=O) groups excluding carboxylic acids is 1. The van der Waals surface area contributed by atoms with Gasteiger partial charge in [0, 0.05) is 29.7 Å². The molecule has 2 atom stereocenters. The summed E-state index contributed by atoms with van der Waals surface area (Å²) in [4.78, 5) is 41.4. The Morgan fingerprint density at radius 2 is 1.43 bits per heavy atom. The Labute approximate surface area is 261 Å². The van der Waals surface area contributed by atoms with E-state index in [0.29, 0.717) is 17.7 Å². The molecule has 4 aromatic carbocycles. The Morgan fingerprint density at radius 1 is 0.818 bits per heavy atom. The summed E-state index contributed by atoms with van der Waals surface area (Å²) in [6, 6.07) is 32.8. The number of halogens is 1. The van der Waals surface area contributed by atoms with Crippen molar-refractivity contribution in [2.45, 2.75) is 18.5 Å². The highest BCUT2D eigenvalue weighted by Gasteiger charge is 2.41. The van der Waals surface area contributed by atoms with Crippen LogP contribution in [0.3, 0.4) is 0 Å². The lowest BCUT2D eigenvalue weighted by molar-refractivity contribution is -0.663. The number of fused-ring (bicyclic) bond motifs is 1. The fraction of sp³-hybridized carbons (Fsp3) is 0.143. The van der Waals surface area contributed by atoms with Crippen LogP contribution in [0.5, 0.6) is 5.88 Å². The minimum atomic E-state index is -1.06. The first-order chi connectivity index (χ1) is 21.3. The fourth-order valence-corrected chi connectivity index (χ4v) is 6.10. The average molecular weight is 650 g/mol. The number of nitrogens with zero attached hydrogens (tertiary/aromatic N) is 4. The first-order valence-electron chi connectivity index (χ1n) is 14.1. The highest BCUT2D eigenvalue weighted by Crippen LogP contribution is 2.40. The Bertz CT molecular complexity index is 2100. The van der Waals surface area contributed by atoms with Crippen molar-refractivity contribution in [2.75, 3.05) is 0 Å². The van der Waals surface area contributed by atoms with E-state index in [1.807, 2.05) is 83.7 Å². The van der Waals surface area contributed by atoms with E-state index in [4.69, 9.17) is 0 Å². The lowest BCUT2D eigenvalue weighted by Gasteiger charge is -2.29. The monoisotopic (exact) mass is 648 g/mol. The SMILES string of the molecule is Cn1c([O-])c(C(c2ccc(Br)cc2)C(C(=O)c2ccccc2)n2c[n+](Cc3ccccc3)c3ccccc32)c(=O)n(C)c1=O. The summed E-state index contributed by atoms with van der Waals surface area (Å²) in [5, 5.41) is 13.9. The second kappa shape index (κ2) is 11.9. The quantitative estimate of drug-likeness (QED) is 0.180. The maximum absolute atomic E-state index is 14.8. The molecular weight excluding hydrogens is 620 g/mol. The molecule has 0 N–H and O–H groups in total. The molecule has 0 bridgehead atoms. The van der Waals surface area contributed by atoms with Crippen LogP contribution in [0.15, 0.2) is 130 Å². The van der Waals surface area contributed by atoms with Gasteiger partial charge in [0.05, 0.1) is 5.92 Å². The van der Waals surface area contributed by atoms with Gasteiger partial charge in [0.2, 0.25) is 12.1 Å². The summed E-state index contributed by atoms with van der Waals surface area (Å²) >= 11 is 3.48. The van der Waals surface area contributed by atoms with E-state index < -0.39 is 29.1 Å². The van der Waals surface area contributed by atoms with Gasteiger partial charge < -0.3 is 9.67 Å². The van der Waals surface area contributed by atoms with E-state index in [-0.39, 0.29) is 11.3 Å². The number of para-hydroxylation sites is 2. The number of hydrogen-bond donors (Lipinski definition) is 0. The first-order valence-corrected chi connectivity index (χ1v) is 14.9. The molecule has 0 saturated carbocycles. The molecule has 0 aliphatic rings. The molecule has 0 aliphatic carbocycles. The number of Topliss-reactive ketones (excluding diaryl/α,β-unsaturated/α-hetero) is 1. The predicted octanol–water partition coefficient (Wildman–Crippen LogP) is 4.47. The first kappa shape index (κ1) is 29.1. The third-order valence-corrected chi connectivity index (χ3v) is 8.58. The van der Waals surface area contributed by atoms with E-state index >= 15 is 0 Å². The molecule has 0 aliphatic heterocycles. The zero-order valence-electron chi connectivity index (χ0n) is 24.1.